The summed E-state index contributed by atoms with van der Waals surface area (Å²) in [4.78, 5) is 14.3. The maximum atomic E-state index is 12.2. The highest BCUT2D eigenvalue weighted by Gasteiger charge is 2.32. The molecule has 2 heterocycles. The Bertz CT molecular complexity index is 253. The highest BCUT2D eigenvalue weighted by molar-refractivity contribution is 7.99. The van der Waals surface area contributed by atoms with Gasteiger partial charge in [0.15, 0.2) is 0 Å². The highest BCUT2D eigenvalue weighted by Crippen LogP contribution is 2.27. The van der Waals surface area contributed by atoms with Crippen LogP contribution >= 0.6 is 11.8 Å². The summed E-state index contributed by atoms with van der Waals surface area (Å²) >= 11 is 1.91. The van der Waals surface area contributed by atoms with E-state index in [0.29, 0.717) is 17.9 Å². The molecule has 2 rings (SSSR count). The van der Waals surface area contributed by atoms with Crippen molar-refractivity contribution in [3.8, 4) is 0 Å². The Labute approximate surface area is 102 Å². The van der Waals surface area contributed by atoms with Crippen LogP contribution in [0.2, 0.25) is 0 Å². The monoisotopic (exact) mass is 242 g/mol. The van der Waals surface area contributed by atoms with Crippen molar-refractivity contribution in [1.82, 2.24) is 4.90 Å². The van der Waals surface area contributed by atoms with Gasteiger partial charge in [-0.3, -0.25) is 4.79 Å². The van der Waals surface area contributed by atoms with Crippen molar-refractivity contribution in [2.75, 3.05) is 24.6 Å². The van der Waals surface area contributed by atoms with Gasteiger partial charge in [0.05, 0.1) is 0 Å². The van der Waals surface area contributed by atoms with Crippen molar-refractivity contribution in [1.29, 1.82) is 0 Å². The van der Waals surface area contributed by atoms with Gasteiger partial charge in [-0.2, -0.15) is 11.8 Å². The van der Waals surface area contributed by atoms with Gasteiger partial charge in [-0.1, -0.05) is 13.3 Å². The first kappa shape index (κ1) is 12.2. The molecule has 2 saturated heterocycles. The Balaban J connectivity index is 1.91. The maximum Gasteiger partial charge on any atom is 0.226 e. The number of piperidine rings is 1. The van der Waals surface area contributed by atoms with Gasteiger partial charge in [0, 0.05) is 30.8 Å². The first-order valence-corrected chi connectivity index (χ1v) is 7.50. The fraction of sp³-hybridized carbons (Fsp3) is 0.917. The normalized spacial score (nSPS) is 35.4. The van der Waals surface area contributed by atoms with Crippen LogP contribution in [0.25, 0.3) is 0 Å². The minimum absolute atomic E-state index is 0.289. The number of nitrogens with zero attached hydrogens (tertiary/aromatic N) is 1. The van der Waals surface area contributed by atoms with E-state index in [1.807, 2.05) is 11.8 Å². The molecule has 3 atom stereocenters. The van der Waals surface area contributed by atoms with E-state index in [2.05, 4.69) is 11.8 Å². The standard InChI is InChI=1S/C12H22N2OS/c1-2-9-7-14(5-3-11(9)13)12(15)10-4-6-16-8-10/h9-11H,2-8,13H2,1H3. The summed E-state index contributed by atoms with van der Waals surface area (Å²) in [5.41, 5.74) is 6.06. The van der Waals surface area contributed by atoms with Gasteiger partial charge in [0.2, 0.25) is 5.91 Å². The minimum Gasteiger partial charge on any atom is -0.342 e. The third kappa shape index (κ3) is 2.54. The zero-order chi connectivity index (χ0) is 11.5. The molecule has 0 spiro atoms. The van der Waals surface area contributed by atoms with Gasteiger partial charge in [-0.25, -0.2) is 0 Å². The molecule has 2 N–H and O–H groups in total. The summed E-state index contributed by atoms with van der Waals surface area (Å²) in [5.74, 6) is 3.36. The molecular weight excluding hydrogens is 220 g/mol. The maximum absolute atomic E-state index is 12.2. The van der Waals surface area contributed by atoms with E-state index in [4.69, 9.17) is 5.73 Å². The Morgan fingerprint density at radius 3 is 2.94 bits per heavy atom. The zero-order valence-electron chi connectivity index (χ0n) is 10.0. The lowest BCUT2D eigenvalue weighted by Gasteiger charge is -2.37. The van der Waals surface area contributed by atoms with Gasteiger partial charge in [0.1, 0.15) is 0 Å². The number of nitrogens with two attached hydrogens (primary N) is 1. The molecule has 2 aliphatic heterocycles. The van der Waals surface area contributed by atoms with Crippen molar-refractivity contribution in [3.63, 3.8) is 0 Å². The molecular formula is C12H22N2OS. The zero-order valence-corrected chi connectivity index (χ0v) is 10.8. The van der Waals surface area contributed by atoms with Crippen LogP contribution in [-0.2, 0) is 4.79 Å². The Morgan fingerprint density at radius 2 is 2.31 bits per heavy atom. The summed E-state index contributed by atoms with van der Waals surface area (Å²) in [7, 11) is 0. The van der Waals surface area contributed by atoms with Crippen molar-refractivity contribution >= 4 is 17.7 Å². The second kappa shape index (κ2) is 5.41. The average molecular weight is 242 g/mol. The molecule has 0 bridgehead atoms. The lowest BCUT2D eigenvalue weighted by Crippen LogP contribution is -2.50. The molecule has 0 saturated carbocycles. The van der Waals surface area contributed by atoms with E-state index in [-0.39, 0.29) is 5.92 Å². The van der Waals surface area contributed by atoms with Crippen LogP contribution < -0.4 is 5.73 Å². The molecule has 1 amide bonds. The number of thioether (sulfide) groups is 1. The number of hydrogen-bond acceptors (Lipinski definition) is 3. The SMILES string of the molecule is CCC1CN(C(=O)C2CCSC2)CCC1N. The van der Waals surface area contributed by atoms with E-state index in [1.165, 1.54) is 0 Å². The topological polar surface area (TPSA) is 46.3 Å². The number of carbonyl (C=O) groups is 1. The molecule has 0 aliphatic carbocycles. The van der Waals surface area contributed by atoms with Crippen LogP contribution in [0, 0.1) is 11.8 Å². The summed E-state index contributed by atoms with van der Waals surface area (Å²) in [6.45, 7) is 3.93. The fourth-order valence-electron chi connectivity index (χ4n) is 2.67. The van der Waals surface area contributed by atoms with Crippen LogP contribution in [0.1, 0.15) is 26.2 Å². The van der Waals surface area contributed by atoms with Crippen molar-refractivity contribution in [3.05, 3.63) is 0 Å². The predicted octanol–water partition coefficient (Wildman–Crippen LogP) is 1.33. The third-order valence-corrected chi connectivity index (χ3v) is 5.07. The molecule has 3 nitrogen and oxygen atoms in total. The molecule has 92 valence electrons. The van der Waals surface area contributed by atoms with Gasteiger partial charge < -0.3 is 10.6 Å². The Hall–Kier alpha value is -0.220. The van der Waals surface area contributed by atoms with Crippen molar-refractivity contribution in [2.45, 2.75) is 32.2 Å². The summed E-state index contributed by atoms with van der Waals surface area (Å²) < 4.78 is 0. The first-order chi connectivity index (χ1) is 7.72. The second-order valence-electron chi connectivity index (χ2n) is 4.97. The number of likely N-dealkylation sites (tertiary alicyclic amines) is 1. The van der Waals surface area contributed by atoms with Gasteiger partial charge >= 0.3 is 0 Å². The van der Waals surface area contributed by atoms with Gasteiger partial charge in [0.25, 0.3) is 0 Å². The van der Waals surface area contributed by atoms with Crippen molar-refractivity contribution in [2.24, 2.45) is 17.6 Å². The number of carbonyl (C=O) groups excluding carboxylic acids is 1. The van der Waals surface area contributed by atoms with E-state index in [9.17, 15) is 4.79 Å². The molecule has 0 aromatic rings. The van der Waals surface area contributed by atoms with Crippen LogP contribution in [-0.4, -0.2) is 41.4 Å². The first-order valence-electron chi connectivity index (χ1n) is 6.34. The van der Waals surface area contributed by atoms with Crippen molar-refractivity contribution < 1.29 is 4.79 Å². The Morgan fingerprint density at radius 1 is 1.50 bits per heavy atom. The predicted molar refractivity (Wildman–Crippen MR) is 68.4 cm³/mol. The summed E-state index contributed by atoms with van der Waals surface area (Å²) in [5, 5.41) is 0. The molecule has 2 fully saturated rings. The fourth-order valence-corrected chi connectivity index (χ4v) is 3.88. The molecule has 0 aromatic heterocycles. The molecule has 4 heteroatoms. The van der Waals surface area contributed by atoms with Crippen LogP contribution in [0.15, 0.2) is 0 Å². The second-order valence-corrected chi connectivity index (χ2v) is 6.12. The Kier molecular flexibility index (Phi) is 4.14. The van der Waals surface area contributed by atoms with Crippen LogP contribution in [0.3, 0.4) is 0 Å². The van der Waals surface area contributed by atoms with Gasteiger partial charge in [-0.05, 0) is 24.5 Å². The molecule has 3 unspecified atom stereocenters. The lowest BCUT2D eigenvalue weighted by molar-refractivity contribution is -0.136. The quantitative estimate of drug-likeness (QED) is 0.794. The minimum atomic E-state index is 0.289. The number of hydrogen-bond donors (Lipinski definition) is 1. The summed E-state index contributed by atoms with van der Waals surface area (Å²) in [6.07, 6.45) is 3.14. The summed E-state index contributed by atoms with van der Waals surface area (Å²) in [6, 6.07) is 0.298. The molecule has 0 aromatic carbocycles. The number of rotatable bonds is 2. The van der Waals surface area contributed by atoms with Crippen LogP contribution in [0.5, 0.6) is 0 Å². The molecule has 0 radical (unpaired) electrons. The smallest absolute Gasteiger partial charge is 0.226 e. The largest absolute Gasteiger partial charge is 0.342 e. The van der Waals surface area contributed by atoms with Gasteiger partial charge in [-0.15, -0.1) is 0 Å². The van der Waals surface area contributed by atoms with E-state index in [0.717, 1.165) is 43.9 Å². The lowest BCUT2D eigenvalue weighted by atomic mass is 9.90. The van der Waals surface area contributed by atoms with Crippen LogP contribution in [0.4, 0.5) is 0 Å². The van der Waals surface area contributed by atoms with E-state index < -0.39 is 0 Å². The van der Waals surface area contributed by atoms with E-state index in [1.54, 1.807) is 0 Å². The average Bonchev–Trinajstić information content (AvgIpc) is 2.82. The third-order valence-electron chi connectivity index (χ3n) is 3.91. The number of amides is 1. The molecule has 16 heavy (non-hydrogen) atoms. The molecule has 2 aliphatic rings. The highest BCUT2D eigenvalue weighted by atomic mass is 32.2. The van der Waals surface area contributed by atoms with E-state index >= 15 is 0 Å².